The van der Waals surface area contributed by atoms with Gasteiger partial charge in [-0.3, -0.25) is 5.10 Å². The zero-order valence-corrected chi connectivity index (χ0v) is 13.9. The SMILES string of the molecule is O=C(O)c1nc(-c2ccc(F)c(-c3ccccc3CCCCO)c2)n[nH]1. The van der Waals surface area contributed by atoms with Crippen molar-refractivity contribution in [1.29, 1.82) is 0 Å². The molecular weight excluding hydrogens is 337 g/mol. The third-order valence-electron chi connectivity index (χ3n) is 4.07. The molecule has 6 nitrogen and oxygen atoms in total. The van der Waals surface area contributed by atoms with E-state index in [9.17, 15) is 9.18 Å². The number of hydrogen-bond acceptors (Lipinski definition) is 4. The Balaban J connectivity index is 1.99. The number of H-pyrrole nitrogens is 1. The van der Waals surface area contributed by atoms with Crippen LogP contribution in [0.25, 0.3) is 22.5 Å². The van der Waals surface area contributed by atoms with E-state index in [1.54, 1.807) is 6.07 Å². The minimum absolute atomic E-state index is 0.128. The van der Waals surface area contributed by atoms with E-state index in [-0.39, 0.29) is 24.1 Å². The minimum Gasteiger partial charge on any atom is -0.475 e. The quantitative estimate of drug-likeness (QED) is 0.565. The summed E-state index contributed by atoms with van der Waals surface area (Å²) in [5.41, 5.74) is 2.68. The second-order valence-electron chi connectivity index (χ2n) is 5.85. The number of benzene rings is 2. The standard InChI is InChI=1S/C19H18FN3O3/c20-16-9-8-13(17-21-18(19(25)26)23-22-17)11-15(16)14-7-2-1-5-12(14)6-3-4-10-24/h1-2,5,7-9,11,24H,3-4,6,10H2,(H,25,26)(H,21,22,23). The van der Waals surface area contributed by atoms with Gasteiger partial charge in [-0.05, 0) is 48.6 Å². The lowest BCUT2D eigenvalue weighted by Crippen LogP contribution is -1.98. The largest absolute Gasteiger partial charge is 0.475 e. The van der Waals surface area contributed by atoms with Crippen LogP contribution in [0.5, 0.6) is 0 Å². The van der Waals surface area contributed by atoms with Gasteiger partial charge in [0.1, 0.15) is 5.82 Å². The molecule has 26 heavy (non-hydrogen) atoms. The highest BCUT2D eigenvalue weighted by molar-refractivity contribution is 5.84. The summed E-state index contributed by atoms with van der Waals surface area (Å²) in [4.78, 5) is 14.9. The zero-order chi connectivity index (χ0) is 18.5. The molecule has 1 aromatic heterocycles. The fraction of sp³-hybridized carbons (Fsp3) is 0.211. The summed E-state index contributed by atoms with van der Waals surface area (Å²) in [5, 5.41) is 24.1. The molecule has 0 saturated carbocycles. The van der Waals surface area contributed by atoms with Gasteiger partial charge in [0.05, 0.1) is 0 Å². The molecule has 1 heterocycles. The van der Waals surface area contributed by atoms with Gasteiger partial charge >= 0.3 is 5.97 Å². The third kappa shape index (κ3) is 3.78. The summed E-state index contributed by atoms with van der Waals surface area (Å²) in [7, 11) is 0. The number of aromatic nitrogens is 3. The van der Waals surface area contributed by atoms with Crippen molar-refractivity contribution in [2.75, 3.05) is 6.61 Å². The van der Waals surface area contributed by atoms with Crippen molar-refractivity contribution in [2.45, 2.75) is 19.3 Å². The number of aryl methyl sites for hydroxylation is 1. The second kappa shape index (κ2) is 7.88. The summed E-state index contributed by atoms with van der Waals surface area (Å²) >= 11 is 0. The van der Waals surface area contributed by atoms with Crippen LogP contribution in [-0.4, -0.2) is 38.0 Å². The first kappa shape index (κ1) is 17.8. The van der Waals surface area contributed by atoms with E-state index in [1.165, 1.54) is 12.1 Å². The van der Waals surface area contributed by atoms with Gasteiger partial charge in [0, 0.05) is 17.7 Å². The highest BCUT2D eigenvalue weighted by Gasteiger charge is 2.15. The molecule has 0 atom stereocenters. The van der Waals surface area contributed by atoms with Gasteiger partial charge in [-0.2, -0.15) is 5.10 Å². The maximum Gasteiger partial charge on any atom is 0.373 e. The molecule has 0 aliphatic rings. The lowest BCUT2D eigenvalue weighted by molar-refractivity contribution is 0.0684. The number of aliphatic hydroxyl groups excluding tert-OH is 1. The summed E-state index contributed by atoms with van der Waals surface area (Å²) < 4.78 is 14.5. The molecule has 0 fully saturated rings. The topological polar surface area (TPSA) is 99.1 Å². The average Bonchev–Trinajstić information content (AvgIpc) is 3.13. The number of nitrogens with zero attached hydrogens (tertiary/aromatic N) is 2. The fourth-order valence-electron chi connectivity index (χ4n) is 2.79. The van der Waals surface area contributed by atoms with Crippen LogP contribution < -0.4 is 0 Å². The molecule has 0 unspecified atom stereocenters. The number of hydrogen-bond donors (Lipinski definition) is 3. The number of rotatable bonds is 7. The van der Waals surface area contributed by atoms with Crippen molar-refractivity contribution in [3.63, 3.8) is 0 Å². The number of carboxylic acids is 1. The van der Waals surface area contributed by atoms with Gasteiger partial charge in [0.25, 0.3) is 0 Å². The minimum atomic E-state index is -1.21. The summed E-state index contributed by atoms with van der Waals surface area (Å²) in [6, 6.07) is 12.0. The number of carbonyl (C=O) groups is 1. The predicted octanol–water partition coefficient (Wildman–Crippen LogP) is 3.29. The molecule has 0 radical (unpaired) electrons. The van der Waals surface area contributed by atoms with Gasteiger partial charge in [-0.15, -0.1) is 0 Å². The molecule has 3 aromatic rings. The smallest absolute Gasteiger partial charge is 0.373 e. The van der Waals surface area contributed by atoms with Crippen molar-refractivity contribution in [3.05, 3.63) is 59.7 Å². The zero-order valence-electron chi connectivity index (χ0n) is 13.9. The molecule has 134 valence electrons. The van der Waals surface area contributed by atoms with Crippen LogP contribution in [0.2, 0.25) is 0 Å². The van der Waals surface area contributed by atoms with Crippen molar-refractivity contribution < 1.29 is 19.4 Å². The Morgan fingerprint density at radius 2 is 1.92 bits per heavy atom. The number of unbranched alkanes of at least 4 members (excludes halogenated alkanes) is 1. The molecule has 0 aliphatic heterocycles. The van der Waals surface area contributed by atoms with Crippen molar-refractivity contribution in [3.8, 4) is 22.5 Å². The Morgan fingerprint density at radius 1 is 1.12 bits per heavy atom. The van der Waals surface area contributed by atoms with E-state index in [1.807, 2.05) is 24.3 Å². The van der Waals surface area contributed by atoms with Crippen LogP contribution >= 0.6 is 0 Å². The Morgan fingerprint density at radius 3 is 2.65 bits per heavy atom. The lowest BCUT2D eigenvalue weighted by atomic mass is 9.94. The Labute approximate surface area is 149 Å². The molecule has 3 rings (SSSR count). The Hall–Kier alpha value is -3.06. The third-order valence-corrected chi connectivity index (χ3v) is 4.07. The molecule has 0 saturated heterocycles. The van der Waals surface area contributed by atoms with Gasteiger partial charge in [0.2, 0.25) is 5.82 Å². The van der Waals surface area contributed by atoms with Crippen LogP contribution in [0, 0.1) is 5.82 Å². The number of halogens is 1. The Kier molecular flexibility index (Phi) is 5.38. The van der Waals surface area contributed by atoms with Crippen LogP contribution in [0.4, 0.5) is 4.39 Å². The van der Waals surface area contributed by atoms with E-state index in [4.69, 9.17) is 10.2 Å². The number of carboxylic acid groups (broad SMARTS) is 1. The maximum absolute atomic E-state index is 14.5. The van der Waals surface area contributed by atoms with E-state index >= 15 is 0 Å². The van der Waals surface area contributed by atoms with Crippen LogP contribution in [-0.2, 0) is 6.42 Å². The molecule has 2 aromatic carbocycles. The molecule has 3 N–H and O–H groups in total. The number of aliphatic hydroxyl groups is 1. The number of aromatic carboxylic acids is 1. The molecule has 0 spiro atoms. The first-order valence-electron chi connectivity index (χ1n) is 8.25. The van der Waals surface area contributed by atoms with Gasteiger partial charge in [-0.25, -0.2) is 14.2 Å². The molecule has 0 amide bonds. The Bertz CT molecular complexity index is 924. The van der Waals surface area contributed by atoms with Gasteiger partial charge in [0.15, 0.2) is 5.82 Å². The normalized spacial score (nSPS) is 10.8. The highest BCUT2D eigenvalue weighted by Crippen LogP contribution is 2.30. The van der Waals surface area contributed by atoms with E-state index in [0.29, 0.717) is 17.5 Å². The molecule has 0 aliphatic carbocycles. The molecule has 7 heteroatoms. The number of nitrogens with one attached hydrogen (secondary N) is 1. The highest BCUT2D eigenvalue weighted by atomic mass is 19.1. The molecular formula is C19H18FN3O3. The van der Waals surface area contributed by atoms with Gasteiger partial charge < -0.3 is 10.2 Å². The lowest BCUT2D eigenvalue weighted by Gasteiger charge is -2.11. The van der Waals surface area contributed by atoms with Crippen LogP contribution in [0.1, 0.15) is 29.0 Å². The van der Waals surface area contributed by atoms with Crippen molar-refractivity contribution in [2.24, 2.45) is 0 Å². The van der Waals surface area contributed by atoms with E-state index in [2.05, 4.69) is 15.2 Å². The first-order valence-corrected chi connectivity index (χ1v) is 8.25. The second-order valence-corrected chi connectivity index (χ2v) is 5.85. The van der Waals surface area contributed by atoms with Crippen molar-refractivity contribution >= 4 is 5.97 Å². The fourth-order valence-corrected chi connectivity index (χ4v) is 2.79. The van der Waals surface area contributed by atoms with E-state index < -0.39 is 5.97 Å². The predicted molar refractivity (Wildman–Crippen MR) is 94.2 cm³/mol. The number of aromatic amines is 1. The maximum atomic E-state index is 14.5. The average molecular weight is 355 g/mol. The van der Waals surface area contributed by atoms with Crippen LogP contribution in [0.3, 0.4) is 0 Å². The monoisotopic (exact) mass is 355 g/mol. The van der Waals surface area contributed by atoms with E-state index in [0.717, 1.165) is 24.0 Å². The van der Waals surface area contributed by atoms with Crippen LogP contribution in [0.15, 0.2) is 42.5 Å². The molecule has 0 bridgehead atoms. The summed E-state index contributed by atoms with van der Waals surface area (Å²) in [6.45, 7) is 0.128. The van der Waals surface area contributed by atoms with Gasteiger partial charge in [-0.1, -0.05) is 24.3 Å². The summed E-state index contributed by atoms with van der Waals surface area (Å²) in [6.07, 6.45) is 2.22. The van der Waals surface area contributed by atoms with Crippen molar-refractivity contribution in [1.82, 2.24) is 15.2 Å². The summed E-state index contributed by atoms with van der Waals surface area (Å²) in [5.74, 6) is -1.66. The first-order chi connectivity index (χ1) is 12.6.